The highest BCUT2D eigenvalue weighted by atomic mass is 32.2. The number of carbonyl (C=O) groups excluding carboxylic acids is 1. The lowest BCUT2D eigenvalue weighted by Crippen LogP contribution is -2.49. The SMILES string of the molecule is CN(C)CC#Cc1ccc(C2=CCN(CCC(C)(C(N)=O)S(C)(=O)=O)CC2)cc1F. The quantitative estimate of drug-likeness (QED) is 0.657. The van der Waals surface area contributed by atoms with Gasteiger partial charge in [0, 0.05) is 25.9 Å². The van der Waals surface area contributed by atoms with Gasteiger partial charge in [-0.2, -0.15) is 0 Å². The zero-order chi connectivity index (χ0) is 22.5. The largest absolute Gasteiger partial charge is 0.368 e. The fourth-order valence-electron chi connectivity index (χ4n) is 3.15. The molecule has 2 rings (SSSR count). The molecule has 1 aromatic rings. The zero-order valence-electron chi connectivity index (χ0n) is 18.0. The minimum atomic E-state index is -3.61. The number of benzene rings is 1. The molecule has 1 aliphatic heterocycles. The molecule has 1 aliphatic rings. The maximum absolute atomic E-state index is 14.4. The average molecular weight is 436 g/mol. The van der Waals surface area contributed by atoms with E-state index in [2.05, 4.69) is 16.7 Å². The van der Waals surface area contributed by atoms with Gasteiger partial charge in [0.1, 0.15) is 10.6 Å². The molecule has 1 atom stereocenters. The Kier molecular flexibility index (Phi) is 7.81. The topological polar surface area (TPSA) is 83.7 Å². The smallest absolute Gasteiger partial charge is 0.238 e. The number of nitrogens with two attached hydrogens (primary N) is 1. The number of hydrogen-bond acceptors (Lipinski definition) is 5. The fraction of sp³-hybridized carbons (Fsp3) is 0.500. The van der Waals surface area contributed by atoms with Crippen LogP contribution < -0.4 is 5.73 Å². The fourth-order valence-corrected chi connectivity index (χ4v) is 3.98. The van der Waals surface area contributed by atoms with E-state index in [-0.39, 0.29) is 12.2 Å². The maximum atomic E-state index is 14.4. The van der Waals surface area contributed by atoms with E-state index in [4.69, 9.17) is 5.73 Å². The Labute approximate surface area is 178 Å². The van der Waals surface area contributed by atoms with Crippen molar-refractivity contribution in [3.8, 4) is 11.8 Å². The molecule has 0 bridgehead atoms. The summed E-state index contributed by atoms with van der Waals surface area (Å²) in [6.45, 7) is 3.67. The van der Waals surface area contributed by atoms with Gasteiger partial charge >= 0.3 is 0 Å². The third-order valence-corrected chi connectivity index (χ3v) is 7.54. The van der Waals surface area contributed by atoms with Crippen molar-refractivity contribution in [2.75, 3.05) is 46.5 Å². The molecular formula is C22H30FN3O3S. The first-order chi connectivity index (χ1) is 13.9. The van der Waals surface area contributed by atoms with Gasteiger partial charge in [0.2, 0.25) is 5.91 Å². The molecule has 30 heavy (non-hydrogen) atoms. The van der Waals surface area contributed by atoms with Crippen LogP contribution in [0.2, 0.25) is 0 Å². The summed E-state index contributed by atoms with van der Waals surface area (Å²) < 4.78 is 36.8. The molecule has 0 saturated heterocycles. The predicted molar refractivity (Wildman–Crippen MR) is 118 cm³/mol. The van der Waals surface area contributed by atoms with Crippen molar-refractivity contribution in [1.29, 1.82) is 0 Å². The summed E-state index contributed by atoms with van der Waals surface area (Å²) in [6.07, 6.45) is 3.89. The van der Waals surface area contributed by atoms with Crippen molar-refractivity contribution in [3.05, 3.63) is 41.2 Å². The number of hydrogen-bond donors (Lipinski definition) is 1. The second-order valence-corrected chi connectivity index (χ2v) is 10.6. The van der Waals surface area contributed by atoms with Gasteiger partial charge in [-0.3, -0.25) is 14.6 Å². The normalized spacial score (nSPS) is 17.1. The maximum Gasteiger partial charge on any atom is 0.238 e. The number of halogens is 1. The van der Waals surface area contributed by atoms with Crippen molar-refractivity contribution in [2.45, 2.75) is 24.5 Å². The Morgan fingerprint density at radius 1 is 1.37 bits per heavy atom. The summed E-state index contributed by atoms with van der Waals surface area (Å²) >= 11 is 0. The van der Waals surface area contributed by atoms with Crippen LogP contribution in [-0.4, -0.2) is 75.4 Å². The number of nitrogens with zero attached hydrogens (tertiary/aromatic N) is 2. The van der Waals surface area contributed by atoms with Crippen LogP contribution in [0, 0.1) is 17.7 Å². The molecular weight excluding hydrogens is 405 g/mol. The number of sulfone groups is 1. The number of rotatable bonds is 7. The van der Waals surface area contributed by atoms with Gasteiger partial charge in [0.15, 0.2) is 9.84 Å². The predicted octanol–water partition coefficient (Wildman–Crippen LogP) is 1.51. The Hall–Kier alpha value is -2.21. The van der Waals surface area contributed by atoms with Crippen LogP contribution >= 0.6 is 0 Å². The van der Waals surface area contributed by atoms with Crippen LogP contribution in [0.15, 0.2) is 24.3 Å². The number of amides is 1. The van der Waals surface area contributed by atoms with Gasteiger partial charge in [-0.15, -0.1) is 0 Å². The van der Waals surface area contributed by atoms with E-state index in [0.29, 0.717) is 38.2 Å². The summed E-state index contributed by atoms with van der Waals surface area (Å²) in [5.74, 6) is 4.61. The molecule has 0 fully saturated rings. The first-order valence-corrected chi connectivity index (χ1v) is 11.7. The van der Waals surface area contributed by atoms with Crippen molar-refractivity contribution < 1.29 is 17.6 Å². The summed E-state index contributed by atoms with van der Waals surface area (Å²) in [4.78, 5) is 15.7. The van der Waals surface area contributed by atoms with E-state index < -0.39 is 20.5 Å². The van der Waals surface area contributed by atoms with Crippen LogP contribution in [0.1, 0.15) is 30.9 Å². The van der Waals surface area contributed by atoms with E-state index in [1.54, 1.807) is 6.07 Å². The highest BCUT2D eigenvalue weighted by Gasteiger charge is 2.41. The highest BCUT2D eigenvalue weighted by Crippen LogP contribution is 2.26. The molecule has 1 unspecified atom stereocenters. The van der Waals surface area contributed by atoms with Gasteiger partial charge < -0.3 is 5.73 Å². The Morgan fingerprint density at radius 3 is 2.57 bits per heavy atom. The second kappa shape index (κ2) is 9.73. The molecule has 0 aliphatic carbocycles. The van der Waals surface area contributed by atoms with Crippen LogP contribution in [0.25, 0.3) is 5.57 Å². The molecule has 0 spiro atoms. The first kappa shape index (κ1) is 24.1. The molecule has 6 nitrogen and oxygen atoms in total. The van der Waals surface area contributed by atoms with E-state index in [1.165, 1.54) is 13.0 Å². The zero-order valence-corrected chi connectivity index (χ0v) is 18.9. The van der Waals surface area contributed by atoms with Crippen molar-refractivity contribution in [2.24, 2.45) is 5.73 Å². The van der Waals surface area contributed by atoms with Crippen LogP contribution in [0.4, 0.5) is 4.39 Å². The van der Waals surface area contributed by atoms with Gasteiger partial charge in [-0.1, -0.05) is 24.0 Å². The van der Waals surface area contributed by atoms with Gasteiger partial charge in [-0.25, -0.2) is 12.8 Å². The minimum absolute atomic E-state index is 0.138. The standard InChI is InChI=1S/C22H30FN3O3S/c1-22(21(24)27,30(4,28)29)11-15-26-13-9-17(10-14-26)19-8-7-18(20(23)16-19)6-5-12-25(2)3/h7-9,16H,10-15H2,1-4H3,(H2,24,27). The Bertz CT molecular complexity index is 993. The molecule has 0 radical (unpaired) electrons. The summed E-state index contributed by atoms with van der Waals surface area (Å²) in [6, 6.07) is 5.08. The lowest BCUT2D eigenvalue weighted by Gasteiger charge is -2.30. The summed E-state index contributed by atoms with van der Waals surface area (Å²) in [5.41, 5.74) is 7.59. The second-order valence-electron chi connectivity index (χ2n) is 8.13. The van der Waals surface area contributed by atoms with Gasteiger partial charge in [0.25, 0.3) is 0 Å². The lowest BCUT2D eigenvalue weighted by atomic mass is 9.97. The molecule has 1 aromatic carbocycles. The highest BCUT2D eigenvalue weighted by molar-refractivity contribution is 7.92. The van der Waals surface area contributed by atoms with Gasteiger partial charge in [0.05, 0.1) is 12.1 Å². The third kappa shape index (κ3) is 5.91. The van der Waals surface area contributed by atoms with Crippen LogP contribution in [-0.2, 0) is 14.6 Å². The molecule has 2 N–H and O–H groups in total. The van der Waals surface area contributed by atoms with Crippen molar-refractivity contribution >= 4 is 21.3 Å². The molecule has 8 heteroatoms. The molecule has 0 aromatic heterocycles. The Balaban J connectivity index is 2.03. The van der Waals surface area contributed by atoms with Crippen LogP contribution in [0.3, 0.4) is 0 Å². The molecule has 1 amide bonds. The lowest BCUT2D eigenvalue weighted by molar-refractivity contribution is -0.120. The third-order valence-electron chi connectivity index (χ3n) is 5.50. The van der Waals surface area contributed by atoms with Crippen LogP contribution in [0.5, 0.6) is 0 Å². The van der Waals surface area contributed by atoms with E-state index in [1.807, 2.05) is 31.1 Å². The summed E-state index contributed by atoms with van der Waals surface area (Å²) in [5, 5.41) is 0. The average Bonchev–Trinajstić information content (AvgIpc) is 2.66. The molecule has 164 valence electrons. The molecule has 1 heterocycles. The van der Waals surface area contributed by atoms with Gasteiger partial charge in [-0.05, 0) is 57.1 Å². The monoisotopic (exact) mass is 435 g/mol. The number of primary amides is 1. The van der Waals surface area contributed by atoms with Crippen molar-refractivity contribution in [3.63, 3.8) is 0 Å². The minimum Gasteiger partial charge on any atom is -0.368 e. The first-order valence-electron chi connectivity index (χ1n) is 9.78. The van der Waals surface area contributed by atoms with E-state index in [0.717, 1.165) is 17.4 Å². The molecule has 0 saturated carbocycles. The van der Waals surface area contributed by atoms with Crippen molar-refractivity contribution in [1.82, 2.24) is 9.80 Å². The van der Waals surface area contributed by atoms with E-state index in [9.17, 15) is 17.6 Å². The summed E-state index contributed by atoms with van der Waals surface area (Å²) in [7, 11) is 0.200. The number of carbonyl (C=O) groups is 1. The Morgan fingerprint density at radius 2 is 2.07 bits per heavy atom. The van der Waals surface area contributed by atoms with E-state index >= 15 is 0 Å².